The van der Waals surface area contributed by atoms with Gasteiger partial charge in [0.25, 0.3) is 0 Å². The van der Waals surface area contributed by atoms with Crippen LogP contribution in [-0.2, 0) is 19.4 Å². The van der Waals surface area contributed by atoms with Gasteiger partial charge >= 0.3 is 0 Å². The number of benzene rings is 1. The van der Waals surface area contributed by atoms with Gasteiger partial charge in [0.05, 0.1) is 17.4 Å². The lowest BCUT2D eigenvalue weighted by Gasteiger charge is -2.14. The number of nitrogens with zero attached hydrogens (tertiary/aromatic N) is 2. The van der Waals surface area contributed by atoms with Gasteiger partial charge in [-0.05, 0) is 37.0 Å². The summed E-state index contributed by atoms with van der Waals surface area (Å²) in [5, 5.41) is 4.57. The third-order valence-electron chi connectivity index (χ3n) is 3.56. The maximum absolute atomic E-state index is 6.42. The van der Waals surface area contributed by atoms with Crippen molar-refractivity contribution in [3.63, 3.8) is 0 Å². The average molecular weight is 257 g/mol. The van der Waals surface area contributed by atoms with E-state index in [1.165, 1.54) is 5.56 Å². The van der Waals surface area contributed by atoms with Crippen LogP contribution in [0.15, 0.2) is 30.3 Å². The first kappa shape index (κ1) is 13.8. The van der Waals surface area contributed by atoms with Crippen LogP contribution in [0, 0.1) is 0 Å². The van der Waals surface area contributed by atoms with Gasteiger partial charge in [-0.3, -0.25) is 4.68 Å². The standard InChI is InChI=1S/C16H23N3/c1-4-12-8-7-9-13(10-12)16(17)15-11-14(5-2)18-19(15)6-3/h7-11,16H,4-6,17H2,1-3H3. The van der Waals surface area contributed by atoms with E-state index in [0.717, 1.165) is 36.3 Å². The van der Waals surface area contributed by atoms with Crippen molar-refractivity contribution in [3.05, 3.63) is 52.8 Å². The predicted molar refractivity (Wildman–Crippen MR) is 79.1 cm³/mol. The maximum Gasteiger partial charge on any atom is 0.0723 e. The van der Waals surface area contributed by atoms with E-state index in [9.17, 15) is 0 Å². The molecular weight excluding hydrogens is 234 g/mol. The molecule has 0 aliphatic heterocycles. The molecule has 0 spiro atoms. The van der Waals surface area contributed by atoms with E-state index in [-0.39, 0.29) is 6.04 Å². The fourth-order valence-corrected chi connectivity index (χ4v) is 2.34. The van der Waals surface area contributed by atoms with Crippen molar-refractivity contribution in [1.82, 2.24) is 9.78 Å². The molecule has 0 saturated heterocycles. The van der Waals surface area contributed by atoms with E-state index in [2.05, 4.69) is 56.2 Å². The van der Waals surface area contributed by atoms with Crippen LogP contribution in [0.5, 0.6) is 0 Å². The molecule has 1 aromatic heterocycles. The molecule has 0 aliphatic carbocycles. The van der Waals surface area contributed by atoms with Crippen molar-refractivity contribution in [2.24, 2.45) is 5.73 Å². The molecule has 1 atom stereocenters. The second kappa shape index (κ2) is 6.02. The topological polar surface area (TPSA) is 43.8 Å². The van der Waals surface area contributed by atoms with E-state index in [1.807, 2.05) is 4.68 Å². The Morgan fingerprint density at radius 3 is 2.58 bits per heavy atom. The third-order valence-corrected chi connectivity index (χ3v) is 3.56. The Morgan fingerprint density at radius 2 is 1.95 bits per heavy atom. The minimum absolute atomic E-state index is 0.0979. The van der Waals surface area contributed by atoms with Crippen LogP contribution in [0.3, 0.4) is 0 Å². The Morgan fingerprint density at radius 1 is 1.16 bits per heavy atom. The van der Waals surface area contributed by atoms with Crippen molar-refractivity contribution in [2.75, 3.05) is 0 Å². The zero-order chi connectivity index (χ0) is 13.8. The molecule has 0 fully saturated rings. The minimum atomic E-state index is -0.0979. The van der Waals surface area contributed by atoms with Crippen molar-refractivity contribution in [3.8, 4) is 0 Å². The molecule has 19 heavy (non-hydrogen) atoms. The van der Waals surface area contributed by atoms with Gasteiger partial charge < -0.3 is 5.73 Å². The highest BCUT2D eigenvalue weighted by atomic mass is 15.3. The predicted octanol–water partition coefficient (Wildman–Crippen LogP) is 3.08. The van der Waals surface area contributed by atoms with Gasteiger partial charge in [-0.1, -0.05) is 38.1 Å². The summed E-state index contributed by atoms with van der Waals surface area (Å²) in [5.41, 5.74) is 11.1. The SMILES string of the molecule is CCc1cccc(C(N)c2cc(CC)nn2CC)c1. The van der Waals surface area contributed by atoms with Crippen LogP contribution >= 0.6 is 0 Å². The van der Waals surface area contributed by atoms with Crippen molar-refractivity contribution < 1.29 is 0 Å². The molecule has 1 aromatic carbocycles. The summed E-state index contributed by atoms with van der Waals surface area (Å²) in [6.45, 7) is 7.24. The number of hydrogen-bond acceptors (Lipinski definition) is 2. The van der Waals surface area contributed by atoms with Crippen molar-refractivity contribution in [2.45, 2.75) is 46.2 Å². The van der Waals surface area contributed by atoms with Gasteiger partial charge in [0, 0.05) is 6.54 Å². The smallest absolute Gasteiger partial charge is 0.0723 e. The molecule has 0 amide bonds. The molecular formula is C16H23N3. The Kier molecular flexibility index (Phi) is 4.38. The largest absolute Gasteiger partial charge is 0.319 e. The van der Waals surface area contributed by atoms with Gasteiger partial charge in [-0.25, -0.2) is 0 Å². The zero-order valence-corrected chi connectivity index (χ0v) is 12.1. The molecule has 0 aliphatic rings. The first-order valence-electron chi connectivity index (χ1n) is 7.10. The van der Waals surface area contributed by atoms with Crippen LogP contribution in [0.1, 0.15) is 49.3 Å². The third kappa shape index (κ3) is 2.87. The summed E-state index contributed by atoms with van der Waals surface area (Å²) >= 11 is 0. The quantitative estimate of drug-likeness (QED) is 0.894. The lowest BCUT2D eigenvalue weighted by Crippen LogP contribution is -2.17. The molecule has 0 radical (unpaired) electrons. The van der Waals surface area contributed by atoms with Crippen LogP contribution in [0.25, 0.3) is 0 Å². The molecule has 1 unspecified atom stereocenters. The molecule has 2 rings (SSSR count). The maximum atomic E-state index is 6.42. The summed E-state index contributed by atoms with van der Waals surface area (Å²) in [6, 6.07) is 10.6. The summed E-state index contributed by atoms with van der Waals surface area (Å²) < 4.78 is 2.02. The van der Waals surface area contributed by atoms with E-state index in [4.69, 9.17) is 5.73 Å². The van der Waals surface area contributed by atoms with E-state index >= 15 is 0 Å². The molecule has 2 N–H and O–H groups in total. The lowest BCUT2D eigenvalue weighted by atomic mass is 10.0. The molecule has 1 heterocycles. The average Bonchev–Trinajstić information content (AvgIpc) is 2.89. The van der Waals surface area contributed by atoms with Crippen LogP contribution < -0.4 is 5.73 Å². The fourth-order valence-electron chi connectivity index (χ4n) is 2.34. The van der Waals surface area contributed by atoms with E-state index < -0.39 is 0 Å². The summed E-state index contributed by atoms with van der Waals surface area (Å²) in [5.74, 6) is 0. The molecule has 0 bridgehead atoms. The van der Waals surface area contributed by atoms with Gasteiger partial charge in [0.15, 0.2) is 0 Å². The molecule has 2 aromatic rings. The molecule has 0 saturated carbocycles. The lowest BCUT2D eigenvalue weighted by molar-refractivity contribution is 0.594. The van der Waals surface area contributed by atoms with Gasteiger partial charge in [0.1, 0.15) is 0 Å². The highest BCUT2D eigenvalue weighted by molar-refractivity contribution is 5.32. The molecule has 102 valence electrons. The summed E-state index contributed by atoms with van der Waals surface area (Å²) in [6.07, 6.45) is 1.98. The second-order valence-electron chi connectivity index (χ2n) is 4.81. The number of aryl methyl sites for hydroxylation is 3. The number of aromatic nitrogens is 2. The Balaban J connectivity index is 2.36. The fraction of sp³-hybridized carbons (Fsp3) is 0.438. The van der Waals surface area contributed by atoms with Gasteiger partial charge in [-0.15, -0.1) is 0 Å². The summed E-state index contributed by atoms with van der Waals surface area (Å²) in [7, 11) is 0. The number of nitrogens with two attached hydrogens (primary N) is 1. The number of hydrogen-bond donors (Lipinski definition) is 1. The van der Waals surface area contributed by atoms with Crippen molar-refractivity contribution in [1.29, 1.82) is 0 Å². The first-order valence-corrected chi connectivity index (χ1v) is 7.10. The molecule has 3 heteroatoms. The Hall–Kier alpha value is -1.61. The Labute approximate surface area is 115 Å². The normalized spacial score (nSPS) is 12.6. The minimum Gasteiger partial charge on any atom is -0.319 e. The number of rotatable bonds is 5. The van der Waals surface area contributed by atoms with Gasteiger partial charge in [0.2, 0.25) is 0 Å². The van der Waals surface area contributed by atoms with Crippen molar-refractivity contribution >= 4 is 0 Å². The first-order chi connectivity index (χ1) is 9.19. The zero-order valence-electron chi connectivity index (χ0n) is 12.1. The van der Waals surface area contributed by atoms with E-state index in [1.54, 1.807) is 0 Å². The van der Waals surface area contributed by atoms with E-state index in [0.29, 0.717) is 0 Å². The monoisotopic (exact) mass is 257 g/mol. The highest BCUT2D eigenvalue weighted by Crippen LogP contribution is 2.22. The Bertz CT molecular complexity index is 543. The second-order valence-corrected chi connectivity index (χ2v) is 4.81. The van der Waals surface area contributed by atoms with Crippen LogP contribution in [-0.4, -0.2) is 9.78 Å². The summed E-state index contributed by atoms with van der Waals surface area (Å²) in [4.78, 5) is 0. The van der Waals surface area contributed by atoms with Gasteiger partial charge in [-0.2, -0.15) is 5.10 Å². The van der Waals surface area contributed by atoms with Crippen LogP contribution in [0.4, 0.5) is 0 Å². The van der Waals surface area contributed by atoms with Crippen LogP contribution in [0.2, 0.25) is 0 Å². The highest BCUT2D eigenvalue weighted by Gasteiger charge is 2.15. The molecule has 3 nitrogen and oxygen atoms in total.